The van der Waals surface area contributed by atoms with Crippen LogP contribution in [0.25, 0.3) is 0 Å². The van der Waals surface area contributed by atoms with Gasteiger partial charge < -0.3 is 68.5 Å². The van der Waals surface area contributed by atoms with Gasteiger partial charge >= 0.3 is 5.97 Å². The molecule has 0 aromatic rings. The van der Waals surface area contributed by atoms with Gasteiger partial charge in [0.2, 0.25) is 5.78 Å². The maximum atomic E-state index is 15.7. The van der Waals surface area contributed by atoms with Crippen molar-refractivity contribution in [2.45, 2.75) is 245 Å². The Morgan fingerprint density at radius 3 is 1.97 bits per heavy atom. The van der Waals surface area contributed by atoms with Gasteiger partial charge in [-0.2, -0.15) is 0 Å². The summed E-state index contributed by atoms with van der Waals surface area (Å²) in [6.07, 6.45) is -0.691. The van der Waals surface area contributed by atoms with E-state index in [1.807, 2.05) is 68.4 Å². The summed E-state index contributed by atoms with van der Waals surface area (Å²) < 4.78 is 51.0. The average molecular weight is 1100 g/mol. The molecule has 0 amide bonds. The van der Waals surface area contributed by atoms with Crippen LogP contribution in [0.15, 0.2) is 46.3 Å². The van der Waals surface area contributed by atoms with Gasteiger partial charge in [-0.05, 0) is 90.4 Å². The summed E-state index contributed by atoms with van der Waals surface area (Å²) in [5, 5.41) is 68.8. The normalized spacial score (nSPS) is 48.6. The predicted molar refractivity (Wildman–Crippen MR) is 287 cm³/mol. The molecule has 440 valence electrons. The molecule has 5 fully saturated rings. The van der Waals surface area contributed by atoms with E-state index in [1.54, 1.807) is 14.0 Å². The topological polar surface area (TPSA) is 246 Å². The van der Waals surface area contributed by atoms with E-state index >= 15 is 4.79 Å². The number of ether oxygens (including phenoxy) is 8. The Morgan fingerprint density at radius 1 is 0.744 bits per heavy atom. The van der Waals surface area contributed by atoms with Crippen molar-refractivity contribution in [3.05, 3.63) is 46.3 Å². The molecule has 8 aliphatic rings. The third-order valence-corrected chi connectivity index (χ3v) is 20.3. The van der Waals surface area contributed by atoms with Crippen LogP contribution in [0.1, 0.15) is 154 Å². The molecule has 4 aliphatic heterocycles. The van der Waals surface area contributed by atoms with Gasteiger partial charge in [0, 0.05) is 80.3 Å². The lowest BCUT2D eigenvalue weighted by Crippen LogP contribution is -2.57. The lowest BCUT2D eigenvalue weighted by Gasteiger charge is -2.56. The molecule has 17 nitrogen and oxygen atoms in total. The maximum Gasteiger partial charge on any atom is 0.346 e. The van der Waals surface area contributed by atoms with Crippen LogP contribution in [0.3, 0.4) is 0 Å². The fourth-order valence-electron chi connectivity index (χ4n) is 16.0. The fraction of sp³-hybridized carbons (Fsp3) is 0.820. The third kappa shape index (κ3) is 11.1. The first-order valence-corrected chi connectivity index (χ1v) is 29.4. The number of carbonyl (C=O) groups is 3. The SMILES string of the molecule is CC/C1=C\[C@H](CO)C[C@@H](C)[C@@H](O[C@H]2C[C@H](O)[C@H](O[C@@H]3C[C@@H](OC)[C@H](O[C@H]4C[C@H](O)[C@H](O)[C@@H](C)O4)[C@@H](C)O3)[C@@H](C)O2)[C@H](C)CCC[C@]2(C)C=C(C)[C@H](C)C[C@@]23OC(=O)C(=C(O)[C@]2(CC)[C@@H]4[C@@H](C=C(C)[C@H]12)[C@H](O)CC(=O)[C@H]4C)C3=O. The standard InChI is InChI=1S/C61H94O17/c1-14-39-21-38(28-62)19-31(5)53(75-47-24-44(66)54(36(10)73-47)76-48-25-45(71-13)55(37(11)74-48)77-46-23-43(65)52(67)35(9)72-46)29(3)17-16-18-59(12)26-32(6)33(7)27-61(59)57(69)49(58(70)78-61)56(68)60(15-2)50(39)30(4)20-40-42(64)22-41(63)34(8)51(40)60/h20-21,26,29,31,33-38,40,42-48,50-55,62,64-68H,14-19,22-25,27-28H2,1-13H3/b39-21+,56-49?/t29-,31-,33-,34-,35-,36-,37-,38-,40+,42-,43+,44+,45-,46+,47+,48-,50-,51+,52-,53+,54-,55-,59-,60+,61+/m1/s1. The summed E-state index contributed by atoms with van der Waals surface area (Å²) in [7, 11) is 1.57. The van der Waals surface area contributed by atoms with Crippen LogP contribution in [0, 0.1) is 58.2 Å². The minimum Gasteiger partial charge on any atom is -0.511 e. The summed E-state index contributed by atoms with van der Waals surface area (Å²) in [5.41, 5.74) is -1.54. The average Bonchev–Trinajstić information content (AvgIpc) is 3.88. The van der Waals surface area contributed by atoms with Crippen molar-refractivity contribution < 1.29 is 82.9 Å². The number of rotatable bonds is 10. The summed E-state index contributed by atoms with van der Waals surface area (Å²) in [5.74, 6) is -5.19. The first kappa shape index (κ1) is 61.2. The van der Waals surface area contributed by atoms with Gasteiger partial charge in [-0.1, -0.05) is 89.8 Å². The molecule has 78 heavy (non-hydrogen) atoms. The van der Waals surface area contributed by atoms with Gasteiger partial charge in [0.15, 0.2) is 24.5 Å². The number of aliphatic hydroxyl groups is 6. The first-order chi connectivity index (χ1) is 36.8. The van der Waals surface area contributed by atoms with Crippen LogP contribution in [-0.2, 0) is 52.3 Å². The zero-order valence-corrected chi connectivity index (χ0v) is 48.6. The number of Topliss-reactive ketones (excluding diaryl/α,β-unsaturated/α-hetero) is 2. The Morgan fingerprint density at radius 2 is 1.36 bits per heavy atom. The Labute approximate surface area is 462 Å². The van der Waals surface area contributed by atoms with Crippen molar-refractivity contribution >= 4 is 17.5 Å². The molecule has 4 heterocycles. The number of methoxy groups -OCH3 is 1. The molecular weight excluding hydrogens is 1000 g/mol. The van der Waals surface area contributed by atoms with Crippen LogP contribution in [0.2, 0.25) is 0 Å². The van der Waals surface area contributed by atoms with Crippen LogP contribution < -0.4 is 0 Å². The molecule has 6 N–H and O–H groups in total. The van der Waals surface area contributed by atoms with Gasteiger partial charge in [-0.3, -0.25) is 9.59 Å². The van der Waals surface area contributed by atoms with Crippen LogP contribution in [0.5, 0.6) is 0 Å². The quantitative estimate of drug-likeness (QED) is 0.0715. The molecule has 0 radical (unpaired) electrons. The van der Waals surface area contributed by atoms with E-state index in [4.69, 9.17) is 37.9 Å². The molecule has 0 unspecified atom stereocenters. The van der Waals surface area contributed by atoms with E-state index in [1.165, 1.54) is 0 Å². The zero-order valence-electron chi connectivity index (χ0n) is 48.6. The number of fused-ring (bicyclic) bond motifs is 4. The highest BCUT2D eigenvalue weighted by atomic mass is 16.7. The van der Waals surface area contributed by atoms with Gasteiger partial charge in [0.1, 0.15) is 35.4 Å². The lowest BCUT2D eigenvalue weighted by atomic mass is 9.47. The molecule has 25 atom stereocenters. The molecular formula is C61H94O17. The van der Waals surface area contributed by atoms with E-state index in [2.05, 4.69) is 26.0 Å². The van der Waals surface area contributed by atoms with Crippen molar-refractivity contribution in [3.63, 3.8) is 0 Å². The first-order valence-electron chi connectivity index (χ1n) is 29.4. The number of carbonyl (C=O) groups excluding carboxylic acids is 3. The summed E-state index contributed by atoms with van der Waals surface area (Å²) >= 11 is 0. The van der Waals surface area contributed by atoms with Gasteiger partial charge in [0.25, 0.3) is 0 Å². The predicted octanol–water partition coefficient (Wildman–Crippen LogP) is 7.28. The van der Waals surface area contributed by atoms with Crippen LogP contribution >= 0.6 is 0 Å². The van der Waals surface area contributed by atoms with Crippen molar-refractivity contribution in [3.8, 4) is 0 Å². The number of allylic oxidation sites excluding steroid dienone is 4. The largest absolute Gasteiger partial charge is 0.511 e. The monoisotopic (exact) mass is 1100 g/mol. The highest BCUT2D eigenvalue weighted by Crippen LogP contribution is 2.64. The molecule has 17 heteroatoms. The summed E-state index contributed by atoms with van der Waals surface area (Å²) in [6, 6.07) is 0. The van der Waals surface area contributed by atoms with Crippen molar-refractivity contribution in [1.82, 2.24) is 0 Å². The summed E-state index contributed by atoms with van der Waals surface area (Å²) in [6.45, 7) is 23.2. The third-order valence-electron chi connectivity index (χ3n) is 20.3. The zero-order chi connectivity index (χ0) is 57.1. The van der Waals surface area contributed by atoms with Gasteiger partial charge in [-0.15, -0.1) is 0 Å². The highest BCUT2D eigenvalue weighted by molar-refractivity contribution is 6.26. The van der Waals surface area contributed by atoms with Crippen LogP contribution in [0.4, 0.5) is 0 Å². The number of hydrogen-bond donors (Lipinski definition) is 6. The van der Waals surface area contributed by atoms with E-state index < -0.39 is 144 Å². The molecule has 4 saturated heterocycles. The Kier molecular flexibility index (Phi) is 18.9. The van der Waals surface area contributed by atoms with E-state index in [0.29, 0.717) is 32.1 Å². The van der Waals surface area contributed by atoms with E-state index in [9.17, 15) is 40.2 Å². The number of aliphatic hydroxyl groups excluding tert-OH is 6. The number of esters is 1. The lowest BCUT2D eigenvalue weighted by molar-refractivity contribution is -0.338. The van der Waals surface area contributed by atoms with Gasteiger partial charge in [0.05, 0.1) is 48.8 Å². The summed E-state index contributed by atoms with van der Waals surface area (Å²) in [4.78, 5) is 44.3. The van der Waals surface area contributed by atoms with E-state index in [-0.39, 0.29) is 80.0 Å². The molecule has 0 aromatic carbocycles. The Bertz CT molecular complexity index is 2290. The Hall–Kier alpha value is -2.91. The molecule has 8 rings (SSSR count). The molecule has 2 bridgehead atoms. The number of hydrogen-bond acceptors (Lipinski definition) is 17. The van der Waals surface area contributed by atoms with Crippen molar-refractivity contribution in [2.75, 3.05) is 13.7 Å². The van der Waals surface area contributed by atoms with E-state index in [0.717, 1.165) is 16.7 Å². The molecule has 0 aromatic heterocycles. The Balaban J connectivity index is 1.09. The maximum absolute atomic E-state index is 15.7. The smallest absolute Gasteiger partial charge is 0.346 e. The second-order valence-electron chi connectivity index (χ2n) is 25.4. The van der Waals surface area contributed by atoms with Crippen molar-refractivity contribution in [1.29, 1.82) is 0 Å². The second kappa shape index (κ2) is 24.1. The highest BCUT2D eigenvalue weighted by Gasteiger charge is 2.67. The van der Waals surface area contributed by atoms with Crippen molar-refractivity contribution in [2.24, 2.45) is 58.2 Å². The van der Waals surface area contributed by atoms with Gasteiger partial charge in [-0.25, -0.2) is 4.79 Å². The fourth-order valence-corrected chi connectivity index (χ4v) is 16.0. The second-order valence-corrected chi connectivity index (χ2v) is 25.4. The minimum absolute atomic E-state index is 0.0414. The minimum atomic E-state index is -1.62. The van der Waals surface area contributed by atoms with Crippen LogP contribution in [-0.4, -0.2) is 154 Å². The molecule has 1 saturated carbocycles. The number of ketones is 2. The molecule has 1 spiro atoms. The molecule has 4 aliphatic carbocycles.